The lowest BCUT2D eigenvalue weighted by atomic mass is 9.83. The number of nitrogens with one attached hydrogen (secondary N) is 1. The van der Waals surface area contributed by atoms with Crippen LogP contribution in [-0.2, 0) is 5.54 Å². The summed E-state index contributed by atoms with van der Waals surface area (Å²) in [6.07, 6.45) is 6.55. The van der Waals surface area contributed by atoms with Gasteiger partial charge in [-0.05, 0) is 57.4 Å². The molecular weight excluding hydrogens is 234 g/mol. The van der Waals surface area contributed by atoms with E-state index in [0.717, 1.165) is 18.7 Å². The fourth-order valence-corrected chi connectivity index (χ4v) is 3.04. The zero-order valence-corrected chi connectivity index (χ0v) is 12.5. The number of benzene rings is 1. The van der Waals surface area contributed by atoms with E-state index in [0.29, 0.717) is 0 Å². The van der Waals surface area contributed by atoms with Crippen molar-refractivity contribution in [3.8, 4) is 5.75 Å². The Hall–Kier alpha value is -1.02. The molecule has 19 heavy (non-hydrogen) atoms. The highest BCUT2D eigenvalue weighted by molar-refractivity contribution is 5.34. The van der Waals surface area contributed by atoms with Crippen LogP contribution in [0.4, 0.5) is 0 Å². The van der Waals surface area contributed by atoms with Crippen molar-refractivity contribution in [3.05, 3.63) is 29.8 Å². The topological polar surface area (TPSA) is 21.3 Å². The van der Waals surface area contributed by atoms with Gasteiger partial charge in [0.05, 0.1) is 6.10 Å². The average Bonchev–Trinajstić information content (AvgIpc) is 2.64. The largest absolute Gasteiger partial charge is 0.491 e. The van der Waals surface area contributed by atoms with Gasteiger partial charge in [-0.1, -0.05) is 31.9 Å². The summed E-state index contributed by atoms with van der Waals surface area (Å²) >= 11 is 0. The molecule has 1 aromatic rings. The molecule has 0 aliphatic carbocycles. The first-order chi connectivity index (χ1) is 9.16. The Kier molecular flexibility index (Phi) is 4.87. The Labute approximate surface area is 117 Å². The minimum absolute atomic E-state index is 0.146. The quantitative estimate of drug-likeness (QED) is 0.875. The van der Waals surface area contributed by atoms with Crippen LogP contribution in [0, 0.1) is 0 Å². The summed E-state index contributed by atoms with van der Waals surface area (Å²) in [4.78, 5) is 0. The smallest absolute Gasteiger partial charge is 0.120 e. The van der Waals surface area contributed by atoms with E-state index >= 15 is 0 Å². The molecule has 1 heterocycles. The predicted molar refractivity (Wildman–Crippen MR) is 80.6 cm³/mol. The van der Waals surface area contributed by atoms with Gasteiger partial charge in [0.1, 0.15) is 5.75 Å². The zero-order chi connectivity index (χ0) is 13.7. The third-order valence-corrected chi connectivity index (χ3v) is 4.11. The molecule has 1 aromatic carbocycles. The van der Waals surface area contributed by atoms with Gasteiger partial charge in [-0.3, -0.25) is 0 Å². The molecule has 2 rings (SSSR count). The van der Waals surface area contributed by atoms with Crippen LogP contribution < -0.4 is 10.1 Å². The summed E-state index contributed by atoms with van der Waals surface area (Å²) in [5.41, 5.74) is 1.53. The Morgan fingerprint density at radius 2 is 2.11 bits per heavy atom. The lowest BCUT2D eigenvalue weighted by Gasteiger charge is -2.34. The fraction of sp³-hybridized carbons (Fsp3) is 0.647. The molecule has 1 aliphatic rings. The third kappa shape index (κ3) is 3.50. The molecule has 2 nitrogen and oxygen atoms in total. The SMILES string of the molecule is CCC1(c2cccc(OC(C)C)c2)CCCCCN1. The van der Waals surface area contributed by atoms with E-state index in [4.69, 9.17) is 4.74 Å². The summed E-state index contributed by atoms with van der Waals surface area (Å²) in [5.74, 6) is 0.992. The number of ether oxygens (including phenoxy) is 1. The van der Waals surface area contributed by atoms with Crippen molar-refractivity contribution in [2.75, 3.05) is 6.54 Å². The number of hydrogen-bond acceptors (Lipinski definition) is 2. The zero-order valence-electron chi connectivity index (χ0n) is 12.5. The van der Waals surface area contributed by atoms with Gasteiger partial charge in [0.2, 0.25) is 0 Å². The molecule has 0 saturated carbocycles. The van der Waals surface area contributed by atoms with E-state index < -0.39 is 0 Å². The van der Waals surface area contributed by atoms with E-state index in [1.165, 1.54) is 31.2 Å². The van der Waals surface area contributed by atoms with Gasteiger partial charge in [0, 0.05) is 5.54 Å². The second kappa shape index (κ2) is 6.42. The average molecular weight is 261 g/mol. The van der Waals surface area contributed by atoms with Crippen LogP contribution in [0.3, 0.4) is 0 Å². The highest BCUT2D eigenvalue weighted by Gasteiger charge is 2.30. The van der Waals surface area contributed by atoms with Crippen molar-refractivity contribution in [1.82, 2.24) is 5.32 Å². The Morgan fingerprint density at radius 1 is 1.26 bits per heavy atom. The molecule has 0 spiro atoms. The molecule has 1 atom stereocenters. The highest BCUT2D eigenvalue weighted by atomic mass is 16.5. The van der Waals surface area contributed by atoms with Crippen molar-refractivity contribution >= 4 is 0 Å². The number of rotatable bonds is 4. The molecule has 106 valence electrons. The van der Waals surface area contributed by atoms with E-state index in [1.807, 2.05) is 0 Å². The molecule has 2 heteroatoms. The summed E-state index contributed by atoms with van der Waals surface area (Å²) in [6, 6.07) is 8.65. The van der Waals surface area contributed by atoms with Gasteiger partial charge >= 0.3 is 0 Å². The van der Waals surface area contributed by atoms with Crippen molar-refractivity contribution in [3.63, 3.8) is 0 Å². The van der Waals surface area contributed by atoms with Crippen molar-refractivity contribution in [1.29, 1.82) is 0 Å². The van der Waals surface area contributed by atoms with Crippen molar-refractivity contribution < 1.29 is 4.74 Å². The van der Waals surface area contributed by atoms with Crippen LogP contribution in [0.25, 0.3) is 0 Å². The second-order valence-corrected chi connectivity index (χ2v) is 5.87. The van der Waals surface area contributed by atoms with E-state index in [2.05, 4.69) is 50.4 Å². The third-order valence-electron chi connectivity index (χ3n) is 4.11. The maximum Gasteiger partial charge on any atom is 0.120 e. The van der Waals surface area contributed by atoms with E-state index in [-0.39, 0.29) is 11.6 Å². The van der Waals surface area contributed by atoms with Crippen LogP contribution >= 0.6 is 0 Å². The van der Waals surface area contributed by atoms with Crippen LogP contribution in [-0.4, -0.2) is 12.6 Å². The van der Waals surface area contributed by atoms with Gasteiger partial charge < -0.3 is 10.1 Å². The molecule has 0 bridgehead atoms. The molecule has 0 aromatic heterocycles. The molecule has 1 saturated heterocycles. The lowest BCUT2D eigenvalue weighted by Crippen LogP contribution is -2.41. The van der Waals surface area contributed by atoms with Gasteiger partial charge in [0.15, 0.2) is 0 Å². The summed E-state index contributed by atoms with van der Waals surface area (Å²) in [5, 5.41) is 3.79. The summed E-state index contributed by atoms with van der Waals surface area (Å²) in [7, 11) is 0. The highest BCUT2D eigenvalue weighted by Crippen LogP contribution is 2.34. The van der Waals surface area contributed by atoms with E-state index in [9.17, 15) is 0 Å². The predicted octanol–water partition coefficient (Wildman–Crippen LogP) is 4.24. The Morgan fingerprint density at radius 3 is 2.84 bits per heavy atom. The second-order valence-electron chi connectivity index (χ2n) is 5.87. The van der Waals surface area contributed by atoms with Crippen molar-refractivity contribution in [2.45, 2.75) is 64.5 Å². The first kappa shape index (κ1) is 14.4. The Bertz CT molecular complexity index is 392. The van der Waals surface area contributed by atoms with Gasteiger partial charge in [-0.2, -0.15) is 0 Å². The standard InChI is InChI=1S/C17H27NO/c1-4-17(11-6-5-7-12-18-17)15-9-8-10-16(13-15)19-14(2)3/h8-10,13-14,18H,4-7,11-12H2,1-3H3. The summed E-state index contributed by atoms with van der Waals surface area (Å²) < 4.78 is 5.84. The molecule has 1 aliphatic heterocycles. The van der Waals surface area contributed by atoms with Crippen LogP contribution in [0.15, 0.2) is 24.3 Å². The first-order valence-corrected chi connectivity index (χ1v) is 7.68. The maximum absolute atomic E-state index is 5.84. The Balaban J connectivity index is 2.26. The molecule has 1 N–H and O–H groups in total. The van der Waals surface area contributed by atoms with Gasteiger partial charge in [-0.25, -0.2) is 0 Å². The monoisotopic (exact) mass is 261 g/mol. The maximum atomic E-state index is 5.84. The molecule has 1 fully saturated rings. The minimum Gasteiger partial charge on any atom is -0.491 e. The van der Waals surface area contributed by atoms with Gasteiger partial charge in [0.25, 0.3) is 0 Å². The molecule has 0 amide bonds. The molecule has 0 radical (unpaired) electrons. The summed E-state index contributed by atoms with van der Waals surface area (Å²) in [6.45, 7) is 7.57. The van der Waals surface area contributed by atoms with Gasteiger partial charge in [-0.15, -0.1) is 0 Å². The molecular formula is C17H27NO. The van der Waals surface area contributed by atoms with Crippen molar-refractivity contribution in [2.24, 2.45) is 0 Å². The first-order valence-electron chi connectivity index (χ1n) is 7.68. The normalized spacial score (nSPS) is 24.2. The van der Waals surface area contributed by atoms with Crippen LogP contribution in [0.2, 0.25) is 0 Å². The fourth-order valence-electron chi connectivity index (χ4n) is 3.04. The van der Waals surface area contributed by atoms with Crippen LogP contribution in [0.5, 0.6) is 5.75 Å². The van der Waals surface area contributed by atoms with Crippen LogP contribution in [0.1, 0.15) is 58.4 Å². The van der Waals surface area contributed by atoms with E-state index in [1.54, 1.807) is 0 Å². The lowest BCUT2D eigenvalue weighted by molar-refractivity contribution is 0.240. The molecule has 1 unspecified atom stereocenters. The number of hydrogen-bond donors (Lipinski definition) is 1. The minimum atomic E-state index is 0.146.